The Morgan fingerprint density at radius 1 is 1.23 bits per heavy atom. The van der Waals surface area contributed by atoms with Crippen molar-refractivity contribution in [3.05, 3.63) is 34.3 Å². The summed E-state index contributed by atoms with van der Waals surface area (Å²) in [6.45, 7) is 0. The number of rotatable bonds is 3. The molecule has 0 unspecified atom stereocenters. The number of hydrogen-bond acceptors (Lipinski definition) is 5. The van der Waals surface area contributed by atoms with E-state index in [4.69, 9.17) is 15.2 Å². The summed E-state index contributed by atoms with van der Waals surface area (Å²) >= 11 is 3.48. The third kappa shape index (κ3) is 1.28. The number of benzene rings is 1. The van der Waals surface area contributed by atoms with Gasteiger partial charge in [-0.05, 0) is 11.6 Å². The molecule has 0 saturated heterocycles. The average molecular weight is 362 g/mol. The molecule has 1 aliphatic carbocycles. The van der Waals surface area contributed by atoms with Crippen LogP contribution in [0.25, 0.3) is 0 Å². The number of ether oxygens (including phenoxy) is 2. The van der Waals surface area contributed by atoms with Crippen LogP contribution in [0.1, 0.15) is 11.5 Å². The molecule has 6 nitrogen and oxygen atoms in total. The highest BCUT2D eigenvalue weighted by atomic mass is 79.9. The standard InChI is InChI=1S/C15H13BrN4O2/c1-21-15(22-2)14(8-18)11(9-5-3-4-6-10(9)16)13(14,7-17)12(19)20-15/h3-6,11H,1-2H3,(H2,19,20)/p+1/t11-,13-,14-/m1/s1. The van der Waals surface area contributed by atoms with Crippen molar-refractivity contribution >= 4 is 21.8 Å². The molecule has 3 rings (SSSR count). The van der Waals surface area contributed by atoms with Crippen molar-refractivity contribution in [3.8, 4) is 12.1 Å². The Morgan fingerprint density at radius 3 is 2.36 bits per heavy atom. The Morgan fingerprint density at radius 2 is 1.86 bits per heavy atom. The van der Waals surface area contributed by atoms with Crippen LogP contribution in [-0.4, -0.2) is 26.0 Å². The average Bonchev–Trinajstić information content (AvgIpc) is 3.10. The fourth-order valence-electron chi connectivity index (χ4n) is 3.79. The van der Waals surface area contributed by atoms with Gasteiger partial charge in [0.25, 0.3) is 5.84 Å². The molecule has 1 aromatic carbocycles. The van der Waals surface area contributed by atoms with Gasteiger partial charge >= 0.3 is 5.91 Å². The second-order valence-corrected chi connectivity index (χ2v) is 6.21. The van der Waals surface area contributed by atoms with Gasteiger partial charge in [-0.25, -0.2) is 4.99 Å². The molecule has 22 heavy (non-hydrogen) atoms. The van der Waals surface area contributed by atoms with E-state index >= 15 is 0 Å². The van der Waals surface area contributed by atoms with E-state index in [-0.39, 0.29) is 5.84 Å². The van der Waals surface area contributed by atoms with Gasteiger partial charge in [0.1, 0.15) is 0 Å². The van der Waals surface area contributed by atoms with Crippen LogP contribution in [0, 0.1) is 33.5 Å². The number of methoxy groups -OCH3 is 2. The molecule has 3 atom stereocenters. The van der Waals surface area contributed by atoms with Gasteiger partial charge in [0, 0.05) is 24.6 Å². The largest absolute Gasteiger partial charge is 0.342 e. The summed E-state index contributed by atoms with van der Waals surface area (Å²) in [5.74, 6) is -1.71. The van der Waals surface area contributed by atoms with Crippen LogP contribution >= 0.6 is 15.9 Å². The van der Waals surface area contributed by atoms with Crippen LogP contribution in [0.2, 0.25) is 0 Å². The van der Waals surface area contributed by atoms with E-state index in [1.165, 1.54) is 14.2 Å². The first-order valence-electron chi connectivity index (χ1n) is 6.59. The zero-order valence-electron chi connectivity index (χ0n) is 12.1. The normalized spacial score (nSPS) is 34.2. The van der Waals surface area contributed by atoms with Crippen molar-refractivity contribution < 1.29 is 14.5 Å². The lowest BCUT2D eigenvalue weighted by molar-refractivity contribution is -0.687. The lowest BCUT2D eigenvalue weighted by Gasteiger charge is -2.27. The first kappa shape index (κ1) is 15.0. The summed E-state index contributed by atoms with van der Waals surface area (Å²) in [4.78, 5) is 2.86. The monoisotopic (exact) mass is 361 g/mol. The molecule has 0 radical (unpaired) electrons. The van der Waals surface area contributed by atoms with Gasteiger partial charge in [-0.3, -0.25) is 5.73 Å². The number of nitrogens with zero attached hydrogens (tertiary/aromatic N) is 2. The van der Waals surface area contributed by atoms with E-state index in [1.54, 1.807) is 0 Å². The number of fused-ring (bicyclic) bond motifs is 1. The Balaban J connectivity index is 2.29. The minimum Gasteiger partial charge on any atom is -0.317 e. The van der Waals surface area contributed by atoms with E-state index in [9.17, 15) is 10.5 Å². The van der Waals surface area contributed by atoms with Crippen LogP contribution in [-0.2, 0) is 9.47 Å². The number of nitrogens with one attached hydrogen (secondary N) is 1. The van der Waals surface area contributed by atoms with Gasteiger partial charge in [0.15, 0.2) is 10.8 Å². The van der Waals surface area contributed by atoms with Gasteiger partial charge in [-0.15, -0.1) is 0 Å². The van der Waals surface area contributed by atoms with Crippen LogP contribution in [0.5, 0.6) is 0 Å². The molecule has 2 aliphatic rings. The highest BCUT2D eigenvalue weighted by Gasteiger charge is 2.97. The van der Waals surface area contributed by atoms with Crippen molar-refractivity contribution in [2.75, 3.05) is 14.2 Å². The summed E-state index contributed by atoms with van der Waals surface area (Å²) in [5, 5.41) is 19.7. The Hall–Kier alpha value is -1.93. The van der Waals surface area contributed by atoms with Gasteiger partial charge in [-0.2, -0.15) is 10.5 Å². The summed E-state index contributed by atoms with van der Waals surface area (Å²) in [5.41, 5.74) is 4.46. The maximum Gasteiger partial charge on any atom is 0.342 e. The maximum atomic E-state index is 9.92. The van der Waals surface area contributed by atoms with Gasteiger partial charge in [0.2, 0.25) is 0 Å². The molecule has 1 aliphatic heterocycles. The quantitative estimate of drug-likeness (QED) is 0.735. The van der Waals surface area contributed by atoms with Crippen LogP contribution in [0.3, 0.4) is 0 Å². The molecular formula is C15H14BrN4O2+. The molecule has 1 fully saturated rings. The maximum absolute atomic E-state index is 9.92. The minimum absolute atomic E-state index is 0.195. The van der Waals surface area contributed by atoms with Crippen LogP contribution < -0.4 is 10.7 Å². The van der Waals surface area contributed by atoms with E-state index in [1.807, 2.05) is 24.3 Å². The van der Waals surface area contributed by atoms with Gasteiger partial charge in [0.05, 0.1) is 12.1 Å². The number of amidine groups is 1. The molecule has 1 aromatic rings. The SMILES string of the molecule is COC1(OC)[NH+]=C(N)[C@@]2(C#N)[C@@H](c3ccccc3Br)[C@@]12C#N. The topological polar surface area (TPSA) is 106 Å². The van der Waals surface area contributed by atoms with Crippen molar-refractivity contribution in [1.29, 1.82) is 10.5 Å². The van der Waals surface area contributed by atoms with Crippen LogP contribution in [0.15, 0.2) is 28.7 Å². The zero-order chi connectivity index (χ0) is 16.2. The highest BCUT2D eigenvalue weighted by molar-refractivity contribution is 9.10. The third-order valence-corrected chi connectivity index (χ3v) is 5.51. The molecule has 0 amide bonds. The lowest BCUT2D eigenvalue weighted by Crippen LogP contribution is -2.90. The first-order chi connectivity index (χ1) is 10.5. The minimum atomic E-state index is -1.46. The van der Waals surface area contributed by atoms with E-state index in [0.29, 0.717) is 0 Å². The van der Waals surface area contributed by atoms with E-state index in [2.05, 4.69) is 33.1 Å². The molecule has 1 heterocycles. The first-order valence-corrected chi connectivity index (χ1v) is 7.39. The number of nitrogens with two attached hydrogens (primary N) is 1. The molecule has 3 N–H and O–H groups in total. The van der Waals surface area contributed by atoms with E-state index in [0.717, 1.165) is 10.0 Å². The predicted octanol–water partition coefficient (Wildman–Crippen LogP) is -0.0357. The summed E-state index contributed by atoms with van der Waals surface area (Å²) in [6.07, 6.45) is 0. The molecular weight excluding hydrogens is 348 g/mol. The third-order valence-electron chi connectivity index (χ3n) is 4.79. The van der Waals surface area contributed by atoms with Gasteiger partial charge < -0.3 is 9.47 Å². The van der Waals surface area contributed by atoms with Crippen molar-refractivity contribution in [3.63, 3.8) is 0 Å². The summed E-state index contributed by atoms with van der Waals surface area (Å²) in [7, 11) is 2.84. The summed E-state index contributed by atoms with van der Waals surface area (Å²) < 4.78 is 11.7. The lowest BCUT2D eigenvalue weighted by atomic mass is 9.93. The predicted molar refractivity (Wildman–Crippen MR) is 79.9 cm³/mol. The fraction of sp³-hybridized carbons (Fsp3) is 0.400. The highest BCUT2D eigenvalue weighted by Crippen LogP contribution is 2.79. The number of halogens is 1. The number of nitriles is 2. The Kier molecular flexibility index (Phi) is 3.09. The van der Waals surface area contributed by atoms with Crippen molar-refractivity contribution in [2.45, 2.75) is 11.8 Å². The smallest absolute Gasteiger partial charge is 0.317 e. The van der Waals surface area contributed by atoms with Crippen molar-refractivity contribution in [2.24, 2.45) is 16.6 Å². The Labute approximate surface area is 136 Å². The van der Waals surface area contributed by atoms with Crippen LogP contribution in [0.4, 0.5) is 0 Å². The Bertz CT molecular complexity index is 762. The zero-order valence-corrected chi connectivity index (χ0v) is 13.6. The van der Waals surface area contributed by atoms with Gasteiger partial charge in [-0.1, -0.05) is 34.1 Å². The second kappa shape index (κ2) is 4.53. The number of hydrogen-bond donors (Lipinski definition) is 2. The molecule has 7 heteroatoms. The van der Waals surface area contributed by atoms with Crippen molar-refractivity contribution in [1.82, 2.24) is 0 Å². The molecule has 0 bridgehead atoms. The second-order valence-electron chi connectivity index (χ2n) is 5.36. The fourth-order valence-corrected chi connectivity index (χ4v) is 4.30. The molecule has 0 aromatic heterocycles. The summed E-state index contributed by atoms with van der Waals surface area (Å²) in [6, 6.07) is 11.9. The molecule has 112 valence electrons. The molecule has 0 spiro atoms. The van der Waals surface area contributed by atoms with E-state index < -0.39 is 22.7 Å². The molecule has 1 saturated carbocycles.